The first-order chi connectivity index (χ1) is 11.7. The maximum absolute atomic E-state index is 12.2. The topological polar surface area (TPSA) is 44.8 Å². The molecule has 1 atom stereocenters. The predicted octanol–water partition coefficient (Wildman–Crippen LogP) is 5.03. The minimum Gasteiger partial charge on any atom is -0.475 e. The molecule has 0 N–H and O–H groups in total. The van der Waals surface area contributed by atoms with E-state index in [4.69, 9.17) is 13.7 Å². The number of carbonyl (C=O) groups excluding carboxylic acids is 1. The lowest BCUT2D eigenvalue weighted by molar-refractivity contribution is -0.159. The van der Waals surface area contributed by atoms with Crippen LogP contribution in [-0.4, -0.2) is 35.9 Å². The molecule has 0 aliphatic carbocycles. The van der Waals surface area contributed by atoms with Gasteiger partial charge in [0.15, 0.2) is 0 Å². The van der Waals surface area contributed by atoms with Gasteiger partial charge in [-0.1, -0.05) is 10.3 Å². The molecule has 0 spiro atoms. The highest BCUT2D eigenvalue weighted by Crippen LogP contribution is 2.56. The van der Waals surface area contributed by atoms with E-state index in [2.05, 4.69) is 47.1 Å². The molecule has 0 bridgehead atoms. The summed E-state index contributed by atoms with van der Waals surface area (Å²) in [7, 11) is 0.113. The second-order valence-electron chi connectivity index (χ2n) is 8.77. The molecule has 0 radical (unpaired) electrons. The van der Waals surface area contributed by atoms with Crippen molar-refractivity contribution in [3.05, 3.63) is 22.3 Å². The van der Waals surface area contributed by atoms with Crippen LogP contribution in [0, 0.1) is 20.8 Å². The van der Waals surface area contributed by atoms with E-state index < -0.39 is 15.9 Å². The number of hydrogen-bond acceptors (Lipinski definition) is 4. The molecule has 0 saturated carbocycles. The molecule has 5 heteroatoms. The third kappa shape index (κ3) is 3.42. The van der Waals surface area contributed by atoms with Gasteiger partial charge in [0.05, 0.1) is 7.11 Å². The van der Waals surface area contributed by atoms with Gasteiger partial charge in [-0.05, 0) is 84.1 Å². The number of carbonyl (C=O) groups is 1. The Morgan fingerprint density at radius 2 is 1.69 bits per heavy atom. The Balaban J connectivity index is 2.53. The van der Waals surface area contributed by atoms with E-state index in [1.54, 1.807) is 0 Å². The fourth-order valence-corrected chi connectivity index (χ4v) is 3.97. The Labute approximate surface area is 160 Å². The van der Waals surface area contributed by atoms with Gasteiger partial charge in [-0.2, -0.15) is 0 Å². The molecule has 1 aromatic carbocycles. The summed E-state index contributed by atoms with van der Waals surface area (Å²) >= 11 is 0. The number of fused-ring (bicyclic) bond motifs is 1. The number of ether oxygens (including phenoxy) is 2. The zero-order valence-electron chi connectivity index (χ0n) is 18.0. The van der Waals surface area contributed by atoms with Crippen LogP contribution >= 0.6 is 10.3 Å². The van der Waals surface area contributed by atoms with Crippen molar-refractivity contribution >= 4 is 16.3 Å². The molecule has 1 aromatic rings. The highest BCUT2D eigenvalue weighted by atomic mass is 32.3. The van der Waals surface area contributed by atoms with Gasteiger partial charge in [0, 0.05) is 16.7 Å². The van der Waals surface area contributed by atoms with E-state index in [1.165, 1.54) is 7.11 Å². The molecular formula is C21H34O4S. The summed E-state index contributed by atoms with van der Waals surface area (Å²) in [5.74, 6) is 1.47. The standard InChI is InChI=1S/C21H34O4S/c1-13-14(2)18-16(11-12-21(7,24-18)19(22)23-8)15(3)17(13)25-26(9,10)20(4,5)6/h11-12H2,1-10H3/t21-/m0/s1. The van der Waals surface area contributed by atoms with E-state index in [9.17, 15) is 4.79 Å². The van der Waals surface area contributed by atoms with Crippen LogP contribution in [0.25, 0.3) is 0 Å². The van der Waals surface area contributed by atoms with E-state index in [0.29, 0.717) is 6.42 Å². The zero-order chi connectivity index (χ0) is 20.1. The minimum absolute atomic E-state index is 0.0790. The van der Waals surface area contributed by atoms with Gasteiger partial charge in [-0.15, -0.1) is 0 Å². The van der Waals surface area contributed by atoms with Gasteiger partial charge in [0.1, 0.15) is 11.5 Å². The van der Waals surface area contributed by atoms with E-state index in [-0.39, 0.29) is 10.7 Å². The van der Waals surface area contributed by atoms with E-state index in [0.717, 1.165) is 40.2 Å². The Bertz CT molecular complexity index is 731. The number of methoxy groups -OCH3 is 1. The quantitative estimate of drug-likeness (QED) is 0.688. The minimum atomic E-state index is -1.29. The molecule has 0 saturated heterocycles. The Morgan fingerprint density at radius 3 is 2.19 bits per heavy atom. The average molecular weight is 383 g/mol. The first kappa shape index (κ1) is 20.9. The fourth-order valence-electron chi connectivity index (χ4n) is 3.05. The Morgan fingerprint density at radius 1 is 1.12 bits per heavy atom. The molecule has 2 rings (SSSR count). The normalized spacial score (nSPS) is 20.8. The average Bonchev–Trinajstić information content (AvgIpc) is 2.54. The highest BCUT2D eigenvalue weighted by molar-refractivity contribution is 8.30. The molecule has 0 aromatic heterocycles. The second kappa shape index (κ2) is 6.66. The van der Waals surface area contributed by atoms with Crippen LogP contribution in [0.15, 0.2) is 0 Å². The van der Waals surface area contributed by atoms with Crippen molar-refractivity contribution < 1.29 is 18.5 Å². The number of hydrogen-bond donors (Lipinski definition) is 0. The monoisotopic (exact) mass is 382 g/mol. The van der Waals surface area contributed by atoms with Crippen molar-refractivity contribution in [2.24, 2.45) is 0 Å². The Kier molecular flexibility index (Phi) is 5.37. The van der Waals surface area contributed by atoms with Crippen molar-refractivity contribution in [1.29, 1.82) is 0 Å². The molecule has 4 nitrogen and oxygen atoms in total. The maximum atomic E-state index is 12.2. The van der Waals surface area contributed by atoms with Crippen LogP contribution in [0.5, 0.6) is 11.5 Å². The summed E-state index contributed by atoms with van der Waals surface area (Å²) in [6.45, 7) is 14.7. The molecule has 1 heterocycles. The first-order valence-electron chi connectivity index (χ1n) is 9.07. The van der Waals surface area contributed by atoms with Crippen molar-refractivity contribution in [2.75, 3.05) is 19.6 Å². The first-order valence-corrected chi connectivity index (χ1v) is 11.4. The second-order valence-corrected chi connectivity index (χ2v) is 12.6. The molecule has 26 heavy (non-hydrogen) atoms. The van der Waals surface area contributed by atoms with Gasteiger partial charge < -0.3 is 13.7 Å². The molecule has 0 fully saturated rings. The van der Waals surface area contributed by atoms with Crippen LogP contribution in [-0.2, 0) is 16.0 Å². The van der Waals surface area contributed by atoms with Crippen LogP contribution < -0.4 is 8.92 Å². The fraction of sp³-hybridized carbons (Fsp3) is 0.667. The molecule has 1 aliphatic rings. The molecule has 1 aliphatic heterocycles. The van der Waals surface area contributed by atoms with E-state index >= 15 is 0 Å². The molecule has 148 valence electrons. The van der Waals surface area contributed by atoms with Gasteiger partial charge >= 0.3 is 5.97 Å². The van der Waals surface area contributed by atoms with Crippen molar-refractivity contribution in [3.8, 4) is 11.5 Å². The summed E-state index contributed by atoms with van der Waals surface area (Å²) in [5.41, 5.74) is 3.47. The third-order valence-corrected chi connectivity index (χ3v) is 9.41. The van der Waals surface area contributed by atoms with Crippen LogP contribution in [0.2, 0.25) is 0 Å². The van der Waals surface area contributed by atoms with E-state index in [1.807, 2.05) is 13.8 Å². The van der Waals surface area contributed by atoms with Gasteiger partial charge in [0.25, 0.3) is 0 Å². The number of rotatable bonds is 3. The molecule has 0 unspecified atom stereocenters. The number of esters is 1. The molecular weight excluding hydrogens is 348 g/mol. The summed E-state index contributed by atoms with van der Waals surface area (Å²) in [5, 5.41) is 0. The SMILES string of the molecule is COC(=O)[C@]1(C)CCc2c(C)c(OS(C)(C)C(C)(C)C)c(C)c(C)c2O1. The smallest absolute Gasteiger partial charge is 0.349 e. The summed E-state index contributed by atoms with van der Waals surface area (Å²) in [6, 6.07) is 0. The summed E-state index contributed by atoms with van der Waals surface area (Å²) in [6.07, 6.45) is 5.80. The maximum Gasteiger partial charge on any atom is 0.349 e. The lowest BCUT2D eigenvalue weighted by atomic mass is 9.87. The highest BCUT2D eigenvalue weighted by Gasteiger charge is 2.42. The van der Waals surface area contributed by atoms with Gasteiger partial charge in [-0.25, -0.2) is 4.79 Å². The Hall–Kier alpha value is -1.36. The van der Waals surface area contributed by atoms with Gasteiger partial charge in [-0.3, -0.25) is 0 Å². The summed E-state index contributed by atoms with van der Waals surface area (Å²) < 4.78 is 17.9. The number of benzene rings is 1. The predicted molar refractivity (Wildman–Crippen MR) is 110 cm³/mol. The summed E-state index contributed by atoms with van der Waals surface area (Å²) in [4.78, 5) is 12.2. The van der Waals surface area contributed by atoms with Crippen molar-refractivity contribution in [3.63, 3.8) is 0 Å². The zero-order valence-corrected chi connectivity index (χ0v) is 18.8. The lowest BCUT2D eigenvalue weighted by Gasteiger charge is -2.45. The van der Waals surface area contributed by atoms with Gasteiger partial charge in [0.2, 0.25) is 5.60 Å². The lowest BCUT2D eigenvalue weighted by Crippen LogP contribution is -2.45. The largest absolute Gasteiger partial charge is 0.475 e. The van der Waals surface area contributed by atoms with Crippen molar-refractivity contribution in [2.45, 2.75) is 71.7 Å². The van der Waals surface area contributed by atoms with Crippen LogP contribution in [0.3, 0.4) is 0 Å². The van der Waals surface area contributed by atoms with Crippen LogP contribution in [0.4, 0.5) is 0 Å². The third-order valence-electron chi connectivity index (χ3n) is 5.87. The van der Waals surface area contributed by atoms with Crippen LogP contribution in [0.1, 0.15) is 56.4 Å². The van der Waals surface area contributed by atoms with Crippen molar-refractivity contribution in [1.82, 2.24) is 0 Å². The molecule has 0 amide bonds.